The Morgan fingerprint density at radius 1 is 1.39 bits per heavy atom. The van der Waals surface area contributed by atoms with Crippen molar-refractivity contribution < 1.29 is 9.90 Å². The summed E-state index contributed by atoms with van der Waals surface area (Å²) in [4.78, 5) is 10.5. The molecule has 1 aromatic heterocycles. The third-order valence-electron chi connectivity index (χ3n) is 2.50. The van der Waals surface area contributed by atoms with E-state index in [2.05, 4.69) is 15.5 Å². The van der Waals surface area contributed by atoms with Crippen LogP contribution >= 0.6 is 11.8 Å². The van der Waals surface area contributed by atoms with Gasteiger partial charge in [0.15, 0.2) is 0 Å². The van der Waals surface area contributed by atoms with Crippen LogP contribution in [0, 0.1) is 13.8 Å². The Morgan fingerprint density at radius 3 is 2.83 bits per heavy atom. The lowest BCUT2D eigenvalue weighted by atomic mass is 10.1. The number of carboxylic acids is 1. The Balaban J connectivity index is 2.30. The molecule has 0 radical (unpaired) electrons. The Morgan fingerprint density at radius 2 is 2.17 bits per heavy atom. The van der Waals surface area contributed by atoms with E-state index in [0.717, 1.165) is 23.0 Å². The van der Waals surface area contributed by atoms with Crippen LogP contribution in [0.1, 0.15) is 11.1 Å². The van der Waals surface area contributed by atoms with Crippen molar-refractivity contribution in [3.63, 3.8) is 0 Å². The van der Waals surface area contributed by atoms with Crippen LogP contribution in [0.25, 0.3) is 5.69 Å². The van der Waals surface area contributed by atoms with Crippen LogP contribution in [0.5, 0.6) is 0 Å². The molecule has 18 heavy (non-hydrogen) atoms. The van der Waals surface area contributed by atoms with Gasteiger partial charge in [-0.2, -0.15) is 4.68 Å². The molecule has 0 saturated heterocycles. The van der Waals surface area contributed by atoms with E-state index in [1.165, 1.54) is 5.56 Å². The fourth-order valence-electron chi connectivity index (χ4n) is 1.41. The Bertz CT molecular complexity index is 582. The summed E-state index contributed by atoms with van der Waals surface area (Å²) in [6.45, 7) is 4.03. The minimum Gasteiger partial charge on any atom is -0.481 e. The molecular formula is C11H12N4O2S. The lowest BCUT2D eigenvalue weighted by molar-refractivity contribution is -0.133. The fraction of sp³-hybridized carbons (Fsp3) is 0.273. The molecule has 94 valence electrons. The topological polar surface area (TPSA) is 80.9 Å². The van der Waals surface area contributed by atoms with Gasteiger partial charge in [0.2, 0.25) is 5.16 Å². The van der Waals surface area contributed by atoms with Gasteiger partial charge >= 0.3 is 5.97 Å². The van der Waals surface area contributed by atoms with Crippen LogP contribution in [0.3, 0.4) is 0 Å². The summed E-state index contributed by atoms with van der Waals surface area (Å²) in [7, 11) is 0. The second-order valence-electron chi connectivity index (χ2n) is 3.82. The van der Waals surface area contributed by atoms with E-state index in [1.54, 1.807) is 4.68 Å². The highest BCUT2D eigenvalue weighted by Crippen LogP contribution is 2.19. The van der Waals surface area contributed by atoms with Gasteiger partial charge < -0.3 is 5.11 Å². The van der Waals surface area contributed by atoms with Crippen molar-refractivity contribution in [2.45, 2.75) is 19.0 Å². The highest BCUT2D eigenvalue weighted by atomic mass is 32.2. The predicted octanol–water partition coefficient (Wildman–Crippen LogP) is 1.46. The number of aliphatic carboxylic acids is 1. The Labute approximate surface area is 108 Å². The molecule has 0 aliphatic rings. The predicted molar refractivity (Wildman–Crippen MR) is 67.0 cm³/mol. The number of rotatable bonds is 4. The molecule has 0 spiro atoms. The third kappa shape index (κ3) is 2.67. The maximum atomic E-state index is 10.5. The first-order valence-corrected chi connectivity index (χ1v) is 6.27. The number of carboxylic acid groups (broad SMARTS) is 1. The van der Waals surface area contributed by atoms with Crippen molar-refractivity contribution in [2.24, 2.45) is 0 Å². The smallest absolute Gasteiger partial charge is 0.313 e. The first-order valence-electron chi connectivity index (χ1n) is 5.28. The van der Waals surface area contributed by atoms with Crippen LogP contribution in [0.4, 0.5) is 0 Å². The van der Waals surface area contributed by atoms with Crippen molar-refractivity contribution in [1.82, 2.24) is 20.2 Å². The summed E-state index contributed by atoms with van der Waals surface area (Å²) >= 11 is 1.09. The highest BCUT2D eigenvalue weighted by Gasteiger charge is 2.11. The van der Waals surface area contributed by atoms with E-state index in [-0.39, 0.29) is 5.75 Å². The molecule has 1 N–H and O–H groups in total. The van der Waals surface area contributed by atoms with E-state index in [0.29, 0.717) is 5.16 Å². The summed E-state index contributed by atoms with van der Waals surface area (Å²) in [6, 6.07) is 5.86. The molecule has 0 fully saturated rings. The number of carbonyl (C=O) groups is 1. The number of aryl methyl sites for hydroxylation is 2. The fourth-order valence-corrected chi connectivity index (χ4v) is 2.03. The molecule has 0 amide bonds. The van der Waals surface area contributed by atoms with Crippen LogP contribution < -0.4 is 0 Å². The summed E-state index contributed by atoms with van der Waals surface area (Å²) < 4.78 is 1.54. The van der Waals surface area contributed by atoms with Gasteiger partial charge in [-0.15, -0.1) is 5.10 Å². The average Bonchev–Trinajstić information content (AvgIpc) is 2.78. The summed E-state index contributed by atoms with van der Waals surface area (Å²) in [5, 5.41) is 20.4. The van der Waals surface area contributed by atoms with Gasteiger partial charge in [-0.1, -0.05) is 17.8 Å². The molecule has 1 aromatic carbocycles. The molecule has 7 heteroatoms. The minimum absolute atomic E-state index is 0.0643. The zero-order valence-electron chi connectivity index (χ0n) is 9.99. The number of hydrogen-bond acceptors (Lipinski definition) is 5. The largest absolute Gasteiger partial charge is 0.481 e. The first-order chi connectivity index (χ1) is 8.58. The van der Waals surface area contributed by atoms with Crippen molar-refractivity contribution in [3.05, 3.63) is 29.3 Å². The third-order valence-corrected chi connectivity index (χ3v) is 3.40. The van der Waals surface area contributed by atoms with Gasteiger partial charge in [0.05, 0.1) is 11.4 Å². The van der Waals surface area contributed by atoms with Crippen LogP contribution in [0.15, 0.2) is 23.4 Å². The summed E-state index contributed by atoms with van der Waals surface area (Å²) in [6.07, 6.45) is 0. The van der Waals surface area contributed by atoms with Gasteiger partial charge in [-0.25, -0.2) is 0 Å². The number of nitrogens with zero attached hydrogens (tertiary/aromatic N) is 4. The summed E-state index contributed by atoms with van der Waals surface area (Å²) in [5.41, 5.74) is 3.15. The van der Waals surface area contributed by atoms with Crippen LogP contribution in [0.2, 0.25) is 0 Å². The van der Waals surface area contributed by atoms with Crippen molar-refractivity contribution in [3.8, 4) is 5.69 Å². The van der Waals surface area contributed by atoms with E-state index in [1.807, 2.05) is 32.0 Å². The van der Waals surface area contributed by atoms with Crippen molar-refractivity contribution in [2.75, 3.05) is 5.75 Å². The molecule has 0 aliphatic heterocycles. The Kier molecular flexibility index (Phi) is 3.61. The molecule has 0 bridgehead atoms. The zero-order chi connectivity index (χ0) is 13.1. The molecule has 2 aromatic rings. The number of aromatic nitrogens is 4. The number of tetrazole rings is 1. The second-order valence-corrected chi connectivity index (χ2v) is 4.77. The quantitative estimate of drug-likeness (QED) is 0.842. The molecular weight excluding hydrogens is 252 g/mol. The number of benzene rings is 1. The lowest BCUT2D eigenvalue weighted by Gasteiger charge is -2.06. The number of thioether (sulfide) groups is 1. The standard InChI is InChI=1S/C11H12N4O2S/c1-7-3-4-9(5-8(7)2)15-11(12-13-14-15)18-6-10(16)17/h3-5H,6H2,1-2H3,(H,16,17). The van der Waals surface area contributed by atoms with Crippen molar-refractivity contribution >= 4 is 17.7 Å². The van der Waals surface area contributed by atoms with Gasteiger partial charge in [-0.05, 0) is 47.5 Å². The van der Waals surface area contributed by atoms with Crippen molar-refractivity contribution in [1.29, 1.82) is 0 Å². The zero-order valence-corrected chi connectivity index (χ0v) is 10.8. The molecule has 0 aliphatic carbocycles. The van der Waals surface area contributed by atoms with E-state index in [4.69, 9.17) is 5.11 Å². The van der Waals surface area contributed by atoms with Gasteiger partial charge in [0.25, 0.3) is 0 Å². The van der Waals surface area contributed by atoms with Gasteiger partial charge in [0.1, 0.15) is 0 Å². The minimum atomic E-state index is -0.894. The average molecular weight is 264 g/mol. The molecule has 0 saturated carbocycles. The number of hydrogen-bond donors (Lipinski definition) is 1. The monoisotopic (exact) mass is 264 g/mol. The van der Waals surface area contributed by atoms with Crippen LogP contribution in [-0.4, -0.2) is 37.0 Å². The molecule has 0 unspecified atom stereocenters. The van der Waals surface area contributed by atoms with Gasteiger partial charge in [-0.3, -0.25) is 4.79 Å². The van der Waals surface area contributed by atoms with Gasteiger partial charge in [0, 0.05) is 0 Å². The molecule has 6 nitrogen and oxygen atoms in total. The molecule has 2 rings (SSSR count). The SMILES string of the molecule is Cc1ccc(-n2nnnc2SCC(=O)O)cc1C. The van der Waals surface area contributed by atoms with E-state index >= 15 is 0 Å². The van der Waals surface area contributed by atoms with E-state index in [9.17, 15) is 4.79 Å². The highest BCUT2D eigenvalue weighted by molar-refractivity contribution is 7.99. The van der Waals surface area contributed by atoms with Crippen LogP contribution in [-0.2, 0) is 4.79 Å². The normalized spacial score (nSPS) is 10.6. The first kappa shape index (κ1) is 12.6. The molecule has 1 heterocycles. The second kappa shape index (κ2) is 5.18. The Hall–Kier alpha value is -1.89. The molecule has 0 atom stereocenters. The lowest BCUT2D eigenvalue weighted by Crippen LogP contribution is -2.03. The maximum absolute atomic E-state index is 10.5. The summed E-state index contributed by atoms with van der Waals surface area (Å²) in [5.74, 6) is -0.958. The van der Waals surface area contributed by atoms with E-state index < -0.39 is 5.97 Å². The maximum Gasteiger partial charge on any atom is 0.313 e.